The van der Waals surface area contributed by atoms with E-state index in [1.54, 1.807) is 30.5 Å². The highest BCUT2D eigenvalue weighted by Crippen LogP contribution is 2.23. The largest absolute Gasteiger partial charge is 0.488 e. The van der Waals surface area contributed by atoms with Crippen LogP contribution in [0.3, 0.4) is 0 Å². The lowest BCUT2D eigenvalue weighted by atomic mass is 10.1. The van der Waals surface area contributed by atoms with Gasteiger partial charge in [0.25, 0.3) is 5.56 Å². The number of hydrogen-bond donors (Lipinski definition) is 0. The van der Waals surface area contributed by atoms with Crippen molar-refractivity contribution in [3.05, 3.63) is 103 Å². The molecule has 0 aliphatic heterocycles. The van der Waals surface area contributed by atoms with Gasteiger partial charge in [-0.15, -0.1) is 0 Å². The molecule has 4 rings (SSSR count). The molecule has 0 amide bonds. The Labute approximate surface area is 205 Å². The van der Waals surface area contributed by atoms with Crippen LogP contribution in [0.4, 0.5) is 0 Å². The van der Waals surface area contributed by atoms with Crippen molar-refractivity contribution in [1.82, 2.24) is 9.66 Å². The molecule has 0 saturated carbocycles. The Morgan fingerprint density at radius 3 is 2.61 bits per heavy atom. The van der Waals surface area contributed by atoms with Crippen LogP contribution in [0.2, 0.25) is 5.02 Å². The predicted molar refractivity (Wildman–Crippen MR) is 138 cm³/mol. The second kappa shape index (κ2) is 9.89. The molecule has 0 bridgehead atoms. The first kappa shape index (κ1) is 23.2. The van der Waals surface area contributed by atoms with Gasteiger partial charge in [0.05, 0.1) is 17.1 Å². The number of benzene rings is 3. The average molecular weight is 525 g/mol. The van der Waals surface area contributed by atoms with Crippen LogP contribution >= 0.6 is 27.5 Å². The number of fused-ring (bicyclic) bond motifs is 1. The van der Waals surface area contributed by atoms with Crippen molar-refractivity contribution >= 4 is 44.6 Å². The van der Waals surface area contributed by atoms with E-state index in [1.165, 1.54) is 10.2 Å². The number of aryl methyl sites for hydroxylation is 1. The Kier molecular flexibility index (Phi) is 6.96. The van der Waals surface area contributed by atoms with E-state index in [4.69, 9.17) is 16.3 Å². The molecule has 168 valence electrons. The van der Waals surface area contributed by atoms with E-state index in [0.29, 0.717) is 39.7 Å². The molecule has 7 heteroatoms. The fraction of sp³-hybridized carbons (Fsp3) is 0.192. The van der Waals surface area contributed by atoms with Gasteiger partial charge in [-0.05, 0) is 48.9 Å². The van der Waals surface area contributed by atoms with Gasteiger partial charge in [-0.2, -0.15) is 9.78 Å². The molecule has 1 heterocycles. The van der Waals surface area contributed by atoms with Gasteiger partial charge in [0.1, 0.15) is 18.2 Å². The van der Waals surface area contributed by atoms with Crippen molar-refractivity contribution in [2.45, 2.75) is 33.3 Å². The van der Waals surface area contributed by atoms with E-state index in [-0.39, 0.29) is 11.5 Å². The monoisotopic (exact) mass is 523 g/mol. The normalized spacial score (nSPS) is 11.6. The zero-order chi connectivity index (χ0) is 23.5. The van der Waals surface area contributed by atoms with Crippen LogP contribution in [-0.4, -0.2) is 15.9 Å². The Hall–Kier alpha value is -2.96. The summed E-state index contributed by atoms with van der Waals surface area (Å²) < 4.78 is 8.20. The summed E-state index contributed by atoms with van der Waals surface area (Å²) in [6.07, 6.45) is 1.59. The maximum Gasteiger partial charge on any atom is 0.282 e. The number of rotatable bonds is 6. The molecule has 0 aliphatic rings. The first-order valence-corrected chi connectivity index (χ1v) is 11.7. The quantitative estimate of drug-likeness (QED) is 0.264. The molecule has 0 N–H and O–H groups in total. The van der Waals surface area contributed by atoms with Crippen molar-refractivity contribution < 1.29 is 4.74 Å². The molecule has 0 aliphatic carbocycles. The van der Waals surface area contributed by atoms with Crippen LogP contribution < -0.4 is 10.3 Å². The zero-order valence-corrected chi connectivity index (χ0v) is 20.9. The summed E-state index contributed by atoms with van der Waals surface area (Å²) in [4.78, 5) is 17.9. The minimum Gasteiger partial charge on any atom is -0.488 e. The van der Waals surface area contributed by atoms with Crippen LogP contribution in [0.1, 0.15) is 42.3 Å². The summed E-state index contributed by atoms with van der Waals surface area (Å²) in [5, 5.41) is 5.55. The molecule has 0 fully saturated rings. The number of aromatic nitrogens is 2. The van der Waals surface area contributed by atoms with Crippen molar-refractivity contribution in [3.63, 3.8) is 0 Å². The fourth-order valence-corrected chi connectivity index (χ4v) is 3.91. The lowest BCUT2D eigenvalue weighted by Gasteiger charge is -2.13. The van der Waals surface area contributed by atoms with Crippen molar-refractivity contribution in [2.24, 2.45) is 5.10 Å². The van der Waals surface area contributed by atoms with E-state index in [0.717, 1.165) is 10.0 Å². The molecular weight excluding hydrogens is 502 g/mol. The molecule has 4 aromatic rings. The zero-order valence-electron chi connectivity index (χ0n) is 18.5. The highest BCUT2D eigenvalue weighted by molar-refractivity contribution is 9.10. The van der Waals surface area contributed by atoms with E-state index in [2.05, 4.69) is 26.0 Å². The minimum atomic E-state index is -0.231. The molecule has 1 aromatic heterocycles. The second-order valence-corrected chi connectivity index (χ2v) is 9.46. The van der Waals surface area contributed by atoms with Gasteiger partial charge < -0.3 is 4.74 Å². The summed E-state index contributed by atoms with van der Waals surface area (Å²) in [6, 6.07) is 19.0. The van der Waals surface area contributed by atoms with Crippen LogP contribution in [0.5, 0.6) is 5.75 Å². The van der Waals surface area contributed by atoms with Crippen LogP contribution in [0.15, 0.2) is 75.0 Å². The Bertz CT molecular complexity index is 1400. The fourth-order valence-electron chi connectivity index (χ4n) is 3.37. The Morgan fingerprint density at radius 2 is 1.88 bits per heavy atom. The molecule has 0 saturated heterocycles. The molecule has 33 heavy (non-hydrogen) atoms. The topological polar surface area (TPSA) is 56.5 Å². The molecular formula is C26H23BrClN3O2. The van der Waals surface area contributed by atoms with Gasteiger partial charge in [-0.3, -0.25) is 4.79 Å². The second-order valence-electron chi connectivity index (χ2n) is 8.10. The maximum absolute atomic E-state index is 13.2. The lowest BCUT2D eigenvalue weighted by Crippen LogP contribution is -2.23. The summed E-state index contributed by atoms with van der Waals surface area (Å²) in [5.74, 6) is 1.20. The summed E-state index contributed by atoms with van der Waals surface area (Å²) in [6.45, 7) is 6.42. The van der Waals surface area contributed by atoms with Gasteiger partial charge in [-0.1, -0.05) is 71.2 Å². The van der Waals surface area contributed by atoms with E-state index >= 15 is 0 Å². The van der Waals surface area contributed by atoms with Gasteiger partial charge in [0.15, 0.2) is 0 Å². The third kappa shape index (κ3) is 5.34. The van der Waals surface area contributed by atoms with Gasteiger partial charge in [0.2, 0.25) is 0 Å². The number of nitrogens with zero attached hydrogens (tertiary/aromatic N) is 3. The van der Waals surface area contributed by atoms with E-state index in [1.807, 2.05) is 57.2 Å². The average Bonchev–Trinajstić information content (AvgIpc) is 2.79. The van der Waals surface area contributed by atoms with E-state index in [9.17, 15) is 4.79 Å². The summed E-state index contributed by atoms with van der Waals surface area (Å²) in [5.41, 5.74) is 3.33. The van der Waals surface area contributed by atoms with Crippen LogP contribution in [0, 0.1) is 6.92 Å². The molecule has 0 unspecified atom stereocenters. The van der Waals surface area contributed by atoms with Crippen molar-refractivity contribution in [3.8, 4) is 5.75 Å². The van der Waals surface area contributed by atoms with Crippen LogP contribution in [-0.2, 0) is 6.61 Å². The Morgan fingerprint density at radius 1 is 1.12 bits per heavy atom. The minimum absolute atomic E-state index is 0.000448. The molecule has 3 aromatic carbocycles. The molecule has 0 atom stereocenters. The molecule has 5 nitrogen and oxygen atoms in total. The lowest BCUT2D eigenvalue weighted by molar-refractivity contribution is 0.306. The third-order valence-corrected chi connectivity index (χ3v) is 5.88. The number of hydrogen-bond acceptors (Lipinski definition) is 4. The molecule has 0 spiro atoms. The number of halogens is 2. The van der Waals surface area contributed by atoms with E-state index < -0.39 is 0 Å². The highest BCUT2D eigenvalue weighted by Gasteiger charge is 2.14. The van der Waals surface area contributed by atoms with Crippen molar-refractivity contribution in [2.75, 3.05) is 0 Å². The van der Waals surface area contributed by atoms with Gasteiger partial charge >= 0.3 is 0 Å². The first-order valence-electron chi connectivity index (χ1n) is 10.6. The smallest absolute Gasteiger partial charge is 0.282 e. The number of ether oxygens (including phenoxy) is 1. The van der Waals surface area contributed by atoms with Gasteiger partial charge in [-0.25, -0.2) is 4.98 Å². The third-order valence-electron chi connectivity index (χ3n) is 5.15. The van der Waals surface area contributed by atoms with Gasteiger partial charge in [0, 0.05) is 21.0 Å². The Balaban J connectivity index is 1.72. The highest BCUT2D eigenvalue weighted by atomic mass is 79.9. The SMILES string of the molecule is Cc1ccc(COc2ccc(Cl)cc2C=Nn2c(C(C)C)nc3ccc(Br)cc3c2=O)cc1. The maximum atomic E-state index is 13.2. The molecule has 0 radical (unpaired) electrons. The van der Waals surface area contributed by atoms with Crippen LogP contribution in [0.25, 0.3) is 10.9 Å². The summed E-state index contributed by atoms with van der Waals surface area (Å²) in [7, 11) is 0. The first-order chi connectivity index (χ1) is 15.8. The van der Waals surface area contributed by atoms with Crippen molar-refractivity contribution in [1.29, 1.82) is 0 Å². The standard InChI is InChI=1S/C26H23BrClN3O2/c1-16(2)25-30-23-10-8-20(27)13-22(23)26(32)31(25)29-14-19-12-21(28)9-11-24(19)33-15-18-6-4-17(3)5-7-18/h4-14,16H,15H2,1-3H3. The predicted octanol–water partition coefficient (Wildman–Crippen LogP) is 6.71. The summed E-state index contributed by atoms with van der Waals surface area (Å²) >= 11 is 9.66.